The monoisotopic (exact) mass is 277 g/mol. The lowest BCUT2D eigenvalue weighted by molar-refractivity contribution is -0.254. The number of hydrogen-bond acceptors (Lipinski definition) is 3. The van der Waals surface area contributed by atoms with Gasteiger partial charge in [-0.2, -0.15) is 5.10 Å². The van der Waals surface area contributed by atoms with Crippen molar-refractivity contribution in [3.8, 4) is 16.9 Å². The third-order valence-corrected chi connectivity index (χ3v) is 3.28. The zero-order valence-electron chi connectivity index (χ0n) is 11.5. The second-order valence-corrected chi connectivity index (χ2v) is 4.82. The van der Waals surface area contributed by atoms with Gasteiger partial charge in [0.15, 0.2) is 0 Å². The van der Waals surface area contributed by atoms with Gasteiger partial charge >= 0.3 is 0 Å². The zero-order valence-corrected chi connectivity index (χ0v) is 11.5. The number of rotatable bonds is 3. The van der Waals surface area contributed by atoms with Crippen molar-refractivity contribution in [1.29, 1.82) is 0 Å². The van der Waals surface area contributed by atoms with Crippen LogP contribution in [0.3, 0.4) is 0 Å². The molecule has 0 unspecified atom stereocenters. The number of carboxylic acids is 1. The molecule has 1 heterocycles. The molecule has 0 aliphatic rings. The molecule has 0 saturated carbocycles. The second-order valence-electron chi connectivity index (χ2n) is 4.82. The Labute approximate surface area is 122 Å². The fourth-order valence-electron chi connectivity index (χ4n) is 2.16. The number of aromatic nitrogens is 2. The Morgan fingerprint density at radius 1 is 1.05 bits per heavy atom. The highest BCUT2D eigenvalue weighted by atomic mass is 16.4. The molecule has 0 N–H and O–H groups in total. The second kappa shape index (κ2) is 5.25. The Morgan fingerprint density at radius 3 is 2.33 bits per heavy atom. The molecular weight excluding hydrogens is 264 g/mol. The van der Waals surface area contributed by atoms with E-state index in [1.807, 2.05) is 61.5 Å². The summed E-state index contributed by atoms with van der Waals surface area (Å²) in [7, 11) is 0. The molecule has 21 heavy (non-hydrogen) atoms. The van der Waals surface area contributed by atoms with Crippen LogP contribution in [0.1, 0.15) is 15.9 Å². The van der Waals surface area contributed by atoms with E-state index in [9.17, 15) is 9.90 Å². The van der Waals surface area contributed by atoms with Crippen LogP contribution in [0.5, 0.6) is 0 Å². The Bertz CT molecular complexity index is 774. The summed E-state index contributed by atoms with van der Waals surface area (Å²) in [5.41, 5.74) is 3.19. The summed E-state index contributed by atoms with van der Waals surface area (Å²) in [6.45, 7) is 1.99. The molecule has 0 atom stereocenters. The Balaban J connectivity index is 2.13. The topological polar surface area (TPSA) is 58.0 Å². The van der Waals surface area contributed by atoms with E-state index in [1.165, 1.54) is 6.20 Å². The van der Waals surface area contributed by atoms with Crippen LogP contribution in [0.25, 0.3) is 16.9 Å². The van der Waals surface area contributed by atoms with Crippen molar-refractivity contribution >= 4 is 5.97 Å². The predicted octanol–water partition coefficient (Wildman–Crippen LogP) is 2.21. The first-order valence-electron chi connectivity index (χ1n) is 6.58. The maximum absolute atomic E-state index is 11.3. The van der Waals surface area contributed by atoms with Crippen LogP contribution < -0.4 is 5.11 Å². The summed E-state index contributed by atoms with van der Waals surface area (Å²) in [6, 6.07) is 16.9. The van der Waals surface area contributed by atoms with Gasteiger partial charge in [0, 0.05) is 17.3 Å². The highest BCUT2D eigenvalue weighted by molar-refractivity contribution is 5.93. The number of carboxylic acid groups (broad SMARTS) is 1. The molecule has 4 heteroatoms. The van der Waals surface area contributed by atoms with E-state index in [2.05, 4.69) is 5.10 Å². The molecule has 0 radical (unpaired) electrons. The lowest BCUT2D eigenvalue weighted by Crippen LogP contribution is -2.22. The molecule has 4 nitrogen and oxygen atoms in total. The van der Waals surface area contributed by atoms with Crippen molar-refractivity contribution in [2.45, 2.75) is 6.92 Å². The first-order valence-corrected chi connectivity index (χ1v) is 6.58. The van der Waals surface area contributed by atoms with Crippen molar-refractivity contribution in [3.05, 3.63) is 71.9 Å². The highest BCUT2D eigenvalue weighted by Crippen LogP contribution is 2.23. The number of aryl methyl sites for hydroxylation is 1. The van der Waals surface area contributed by atoms with Crippen LogP contribution in [0.4, 0.5) is 0 Å². The average molecular weight is 277 g/mol. The van der Waals surface area contributed by atoms with E-state index in [0.717, 1.165) is 16.8 Å². The normalized spacial score (nSPS) is 10.5. The molecule has 0 fully saturated rings. The minimum atomic E-state index is -1.23. The Hall–Kier alpha value is -2.88. The maximum Gasteiger partial charge on any atom is 0.102 e. The van der Waals surface area contributed by atoms with Crippen LogP contribution in [-0.2, 0) is 0 Å². The van der Waals surface area contributed by atoms with Gasteiger partial charge in [0.1, 0.15) is 5.69 Å². The molecule has 0 amide bonds. The van der Waals surface area contributed by atoms with Crippen LogP contribution in [0.2, 0.25) is 0 Å². The van der Waals surface area contributed by atoms with E-state index in [1.54, 1.807) is 4.68 Å². The van der Waals surface area contributed by atoms with Gasteiger partial charge in [0.05, 0.1) is 11.7 Å². The summed E-state index contributed by atoms with van der Waals surface area (Å²) in [4.78, 5) is 11.3. The molecule has 0 bridgehead atoms. The molecule has 0 spiro atoms. The molecule has 0 saturated heterocycles. The predicted molar refractivity (Wildman–Crippen MR) is 78.1 cm³/mol. The first-order chi connectivity index (χ1) is 10.1. The molecular formula is C17H13N2O2-. The van der Waals surface area contributed by atoms with Crippen molar-refractivity contribution in [1.82, 2.24) is 9.78 Å². The molecule has 3 rings (SSSR count). The van der Waals surface area contributed by atoms with E-state index in [0.29, 0.717) is 5.69 Å². The van der Waals surface area contributed by atoms with E-state index >= 15 is 0 Å². The number of aromatic carboxylic acids is 1. The third-order valence-electron chi connectivity index (χ3n) is 3.28. The van der Waals surface area contributed by atoms with E-state index in [4.69, 9.17) is 0 Å². The van der Waals surface area contributed by atoms with Gasteiger partial charge in [-0.1, -0.05) is 48.0 Å². The molecule has 0 aliphatic heterocycles. The van der Waals surface area contributed by atoms with Gasteiger partial charge in [-0.05, 0) is 19.1 Å². The van der Waals surface area contributed by atoms with Crippen molar-refractivity contribution < 1.29 is 9.90 Å². The van der Waals surface area contributed by atoms with Crippen LogP contribution in [0, 0.1) is 6.92 Å². The minimum absolute atomic E-state index is 0.0850. The fourth-order valence-corrected chi connectivity index (χ4v) is 2.16. The Morgan fingerprint density at radius 2 is 1.71 bits per heavy atom. The average Bonchev–Trinajstić information content (AvgIpc) is 2.94. The zero-order chi connectivity index (χ0) is 14.8. The Kier molecular flexibility index (Phi) is 3.28. The standard InChI is InChI=1S/C17H14N2O2/c1-12-7-9-14(10-8-12)19-11-15(17(20)21)16(18-19)13-5-3-2-4-6-13/h2-11H,1H3,(H,20,21)/p-1. The van der Waals surface area contributed by atoms with Crippen molar-refractivity contribution in [2.24, 2.45) is 0 Å². The lowest BCUT2D eigenvalue weighted by atomic mass is 10.1. The van der Waals surface area contributed by atoms with E-state index < -0.39 is 5.97 Å². The first kappa shape index (κ1) is 13.1. The van der Waals surface area contributed by atoms with Gasteiger partial charge in [-0.25, -0.2) is 4.68 Å². The van der Waals surface area contributed by atoms with Crippen LogP contribution >= 0.6 is 0 Å². The summed E-state index contributed by atoms with van der Waals surface area (Å²) >= 11 is 0. The molecule has 1 aromatic heterocycles. The number of carbonyl (C=O) groups excluding carboxylic acids is 1. The molecule has 2 aromatic carbocycles. The molecule has 104 valence electrons. The number of hydrogen-bond donors (Lipinski definition) is 0. The molecule has 3 aromatic rings. The minimum Gasteiger partial charge on any atom is -0.545 e. The SMILES string of the molecule is Cc1ccc(-n2cc(C(=O)[O-])c(-c3ccccc3)n2)cc1. The lowest BCUT2D eigenvalue weighted by Gasteiger charge is -2.02. The van der Waals surface area contributed by atoms with Gasteiger partial charge in [0.2, 0.25) is 0 Å². The fraction of sp³-hybridized carbons (Fsp3) is 0.0588. The summed E-state index contributed by atoms with van der Waals surface area (Å²) in [5.74, 6) is -1.23. The van der Waals surface area contributed by atoms with Gasteiger partial charge in [-0.3, -0.25) is 0 Å². The van der Waals surface area contributed by atoms with Crippen LogP contribution in [0.15, 0.2) is 60.8 Å². The summed E-state index contributed by atoms with van der Waals surface area (Å²) in [6.07, 6.45) is 1.49. The van der Waals surface area contributed by atoms with Gasteiger partial charge in [-0.15, -0.1) is 0 Å². The van der Waals surface area contributed by atoms with Crippen LogP contribution in [-0.4, -0.2) is 15.7 Å². The number of benzene rings is 2. The largest absolute Gasteiger partial charge is 0.545 e. The third kappa shape index (κ3) is 2.56. The van der Waals surface area contributed by atoms with Crippen molar-refractivity contribution in [2.75, 3.05) is 0 Å². The molecule has 0 aliphatic carbocycles. The number of carbonyl (C=O) groups is 1. The summed E-state index contributed by atoms with van der Waals surface area (Å²) in [5, 5.41) is 15.7. The van der Waals surface area contributed by atoms with E-state index in [-0.39, 0.29) is 5.56 Å². The quantitative estimate of drug-likeness (QED) is 0.737. The highest BCUT2D eigenvalue weighted by Gasteiger charge is 2.12. The van der Waals surface area contributed by atoms with Gasteiger partial charge in [0.25, 0.3) is 0 Å². The van der Waals surface area contributed by atoms with Gasteiger partial charge < -0.3 is 9.90 Å². The van der Waals surface area contributed by atoms with Crippen molar-refractivity contribution in [3.63, 3.8) is 0 Å². The smallest absolute Gasteiger partial charge is 0.102 e. The maximum atomic E-state index is 11.3. The number of nitrogens with zero attached hydrogens (tertiary/aromatic N) is 2. The summed E-state index contributed by atoms with van der Waals surface area (Å²) < 4.78 is 1.56.